The van der Waals surface area contributed by atoms with Gasteiger partial charge in [-0.05, 0) is 110 Å². The minimum Gasteiger partial charge on any atom is -0.504 e. The van der Waals surface area contributed by atoms with Gasteiger partial charge in [-0.3, -0.25) is 0 Å². The zero-order valence-corrected chi connectivity index (χ0v) is 59.2. The fourth-order valence-electron chi connectivity index (χ4n) is 11.4. The Balaban J connectivity index is 0.000000141. The van der Waals surface area contributed by atoms with Gasteiger partial charge in [0, 0.05) is 105 Å². The van der Waals surface area contributed by atoms with Gasteiger partial charge in [-0.15, -0.1) is 48.8 Å². The molecule has 0 amide bonds. The number of rotatable bonds is 11. The van der Waals surface area contributed by atoms with Crippen molar-refractivity contribution in [3.05, 3.63) is 298 Å². The van der Waals surface area contributed by atoms with Gasteiger partial charge in [0.15, 0.2) is 0 Å². The van der Waals surface area contributed by atoms with Crippen molar-refractivity contribution in [3.8, 4) is 17.3 Å². The second-order valence-electron chi connectivity index (χ2n) is 23.8. The smallest absolute Gasteiger partial charge is 0.145 e. The van der Waals surface area contributed by atoms with Gasteiger partial charge in [0.05, 0.1) is 5.69 Å². The summed E-state index contributed by atoms with van der Waals surface area (Å²) in [6.45, 7) is 26.3. The first-order valence-electron chi connectivity index (χ1n) is 31.3. The summed E-state index contributed by atoms with van der Waals surface area (Å²) in [4.78, 5) is 39.8. The molecule has 4 aliphatic rings. The largest absolute Gasteiger partial charge is 0.504 e. The van der Waals surface area contributed by atoms with Crippen molar-refractivity contribution >= 4 is 80.3 Å². The molecule has 0 bridgehead atoms. The second-order valence-corrected chi connectivity index (χ2v) is 23.8. The van der Waals surface area contributed by atoms with E-state index in [1.165, 1.54) is 22.3 Å². The Hall–Kier alpha value is -9.74. The van der Waals surface area contributed by atoms with Crippen LogP contribution in [0.25, 0.3) is 11.3 Å². The van der Waals surface area contributed by atoms with E-state index >= 15 is 0 Å². The monoisotopic (exact) mass is 1600 g/mol. The van der Waals surface area contributed by atoms with Crippen molar-refractivity contribution < 1.29 is 40.2 Å². The van der Waals surface area contributed by atoms with Gasteiger partial charge in [0.2, 0.25) is 0 Å². The summed E-state index contributed by atoms with van der Waals surface area (Å²) in [5.74, 6) is 5.57. The maximum Gasteiger partial charge on any atom is 0.145 e. The maximum absolute atomic E-state index is 8.79. The van der Waals surface area contributed by atoms with Gasteiger partial charge < -0.3 is 39.2 Å². The van der Waals surface area contributed by atoms with Crippen LogP contribution in [-0.2, 0) is 40.2 Å². The number of hydrogen-bond donors (Lipinski definition) is 0. The van der Waals surface area contributed by atoms with Crippen LogP contribution in [-0.4, -0.2) is 38.0 Å². The summed E-state index contributed by atoms with van der Waals surface area (Å²) in [5, 5.41) is 8.79. The average molecular weight is 1600 g/mol. The van der Waals surface area contributed by atoms with Crippen LogP contribution in [0.1, 0.15) is 95.4 Å². The first kappa shape index (κ1) is 68.1. The molecule has 0 unspecified atom stereocenters. The average Bonchev–Trinajstić information content (AvgIpc) is 1.75. The third kappa shape index (κ3) is 14.8. The number of aromatic nitrogens is 5. The number of benzene rings is 8. The number of fused-ring (bicyclic) bond motifs is 4. The summed E-state index contributed by atoms with van der Waals surface area (Å²) in [7, 11) is 2.02. The first-order valence-corrected chi connectivity index (χ1v) is 31.3. The van der Waals surface area contributed by atoms with E-state index in [2.05, 4.69) is 180 Å². The number of hydrogen-bond acceptors (Lipinski definition) is 14. The third-order valence-corrected chi connectivity index (χ3v) is 16.2. The Morgan fingerprint density at radius 2 is 0.853 bits per heavy atom. The van der Waals surface area contributed by atoms with E-state index in [0.29, 0.717) is 29.4 Å². The Kier molecular flexibility index (Phi) is 22.2. The van der Waals surface area contributed by atoms with Crippen LogP contribution in [0.2, 0.25) is 0 Å². The predicted octanol–water partition coefficient (Wildman–Crippen LogP) is 18.8. The van der Waals surface area contributed by atoms with E-state index in [9.17, 15) is 0 Å². The Labute approximate surface area is 587 Å². The van der Waals surface area contributed by atoms with Crippen molar-refractivity contribution in [3.63, 3.8) is 0 Å². The van der Waals surface area contributed by atoms with E-state index in [0.717, 1.165) is 86.0 Å². The summed E-state index contributed by atoms with van der Waals surface area (Å²) >= 11 is 0. The van der Waals surface area contributed by atoms with E-state index < -0.39 is 0 Å². The fourth-order valence-corrected chi connectivity index (χ4v) is 11.4. The first-order chi connectivity index (χ1) is 45.3. The normalized spacial score (nSPS) is 13.2. The molecule has 0 fully saturated rings. The van der Waals surface area contributed by atoms with E-state index in [-0.39, 0.29) is 40.2 Å². The molecule has 4 aliphatic heterocycles. The van der Waals surface area contributed by atoms with E-state index in [4.69, 9.17) is 10.2 Å². The molecule has 16 heteroatoms. The van der Waals surface area contributed by atoms with Crippen LogP contribution in [0, 0.1) is 62.3 Å². The van der Waals surface area contributed by atoms with Crippen LogP contribution in [0.5, 0.6) is 0 Å². The molecule has 0 aliphatic carbocycles. The van der Waals surface area contributed by atoms with E-state index in [1.54, 1.807) is 36.9 Å². The molecule has 3 aromatic heterocycles. The molecule has 11 aromatic rings. The molecule has 7 heterocycles. The van der Waals surface area contributed by atoms with Gasteiger partial charge in [-0.2, -0.15) is 116 Å². The van der Waals surface area contributed by atoms with Gasteiger partial charge in [-0.1, -0.05) is 108 Å². The molecular formula is C79H72Ir2N14-8. The molecule has 484 valence electrons. The van der Waals surface area contributed by atoms with Crippen molar-refractivity contribution in [1.29, 1.82) is 5.26 Å². The van der Waals surface area contributed by atoms with Crippen molar-refractivity contribution in [2.45, 2.75) is 79.2 Å². The predicted molar refractivity (Wildman–Crippen MR) is 377 cm³/mol. The minimum atomic E-state index is 0. The van der Waals surface area contributed by atoms with Crippen LogP contribution < -0.4 is 39.2 Å². The van der Waals surface area contributed by atoms with Crippen molar-refractivity contribution in [2.75, 3.05) is 46.2 Å². The standard InChI is InChI=1S/C30H37N3.2C17H12N4.C15H11N3.2Ir/c1-19(2)23-16-25(20(3)4)29(26(17-23)21(5)6)27-14-15-28-30(31-27)33(18-32(28)22(7)8)24-12-10-9-11-13-24;2*1-3-7-14(8-4-1)20-13-21(15-9-5-2-6-10-15)17-16(20)18-11-12-19-17;1-17-11-18(15-5-3-2-4-14(15)17)13-8-6-12(10-16)7-9-13;;/h9-12,14-22H,1-8H3;2*1-9,11-13H;2-8,11H,1H3;;/q4*-2;;. The van der Waals surface area contributed by atoms with Gasteiger partial charge in [0.1, 0.15) is 29.1 Å². The molecule has 14 nitrogen and oxygen atoms in total. The quantitative estimate of drug-likeness (QED) is 0.114. The zero-order valence-electron chi connectivity index (χ0n) is 54.4. The Morgan fingerprint density at radius 3 is 1.27 bits per heavy atom. The van der Waals surface area contributed by atoms with Crippen LogP contribution in [0.15, 0.2) is 225 Å². The SMILES string of the molecule is CC(C)c1cc(C(C)C)c(-c2ccc3c(n2)N(c2[c-]cccc2)[CH-]N3C(C)C)c(C(C)C)c1.CN1[CH-]N(c2[c-]cc(C#N)cc2)c2ccccc21.[Ir].[Ir].[c-]1ccccc1N1[CH-]N(c2ccccc2)c2nccnc21.[c-]1ccccc1N1[CH-]N(c2ccccc2)c2nccnc21. The fraction of sp³-hybridized carbons (Fsp3) is 0.165. The summed E-state index contributed by atoms with van der Waals surface area (Å²) in [6.07, 6.45) is 6.83. The van der Waals surface area contributed by atoms with Crippen LogP contribution in [0.3, 0.4) is 0 Å². The molecule has 2 radical (unpaired) electrons. The maximum atomic E-state index is 8.79. The zero-order chi connectivity index (χ0) is 64.5. The number of nitrogens with zero attached hydrogens (tertiary/aromatic N) is 14. The number of anilines is 14. The summed E-state index contributed by atoms with van der Waals surface area (Å²) in [6, 6.07) is 82.3. The molecule has 0 saturated carbocycles. The molecule has 0 atom stereocenters. The van der Waals surface area contributed by atoms with Gasteiger partial charge in [-0.25, -0.2) is 30.2 Å². The number of nitriles is 1. The van der Waals surface area contributed by atoms with Crippen molar-refractivity contribution in [2.24, 2.45) is 0 Å². The molecule has 0 saturated heterocycles. The molecule has 8 aromatic carbocycles. The molecule has 15 rings (SSSR count). The number of para-hydroxylation sites is 7. The van der Waals surface area contributed by atoms with Crippen molar-refractivity contribution in [1.82, 2.24) is 24.9 Å². The van der Waals surface area contributed by atoms with E-state index in [1.807, 2.05) is 186 Å². The van der Waals surface area contributed by atoms with Crippen LogP contribution >= 0.6 is 0 Å². The summed E-state index contributed by atoms with van der Waals surface area (Å²) in [5.41, 5.74) is 16.5. The summed E-state index contributed by atoms with van der Waals surface area (Å²) < 4.78 is 0. The minimum absolute atomic E-state index is 0. The topological polar surface area (TPSA) is 114 Å². The molecular weight excluding hydrogens is 1530 g/mol. The second kappa shape index (κ2) is 31.0. The van der Waals surface area contributed by atoms with Crippen LogP contribution in [0.4, 0.5) is 80.3 Å². The van der Waals surface area contributed by atoms with Gasteiger partial charge in [0.25, 0.3) is 0 Å². The molecule has 0 spiro atoms. The third-order valence-electron chi connectivity index (χ3n) is 16.2. The molecule has 95 heavy (non-hydrogen) atoms. The Morgan fingerprint density at radius 1 is 0.411 bits per heavy atom. The number of pyridine rings is 1. The molecule has 0 N–H and O–H groups in total. The Bertz CT molecular complexity index is 4040. The van der Waals surface area contributed by atoms with Gasteiger partial charge >= 0.3 is 0 Å².